The van der Waals surface area contributed by atoms with Crippen LogP contribution in [0.3, 0.4) is 0 Å². The number of morpholine rings is 1. The lowest BCUT2D eigenvalue weighted by molar-refractivity contribution is -0.120. The smallest absolute Gasteiger partial charge is 0.228 e. The van der Waals surface area contributed by atoms with E-state index < -0.39 is 21.7 Å². The molecular weight excluding hydrogens is 418 g/mol. The van der Waals surface area contributed by atoms with Crippen LogP contribution in [-0.4, -0.2) is 70.7 Å². The van der Waals surface area contributed by atoms with Crippen molar-refractivity contribution in [2.24, 2.45) is 22.6 Å². The Morgan fingerprint density at radius 3 is 2.55 bits per heavy atom. The maximum Gasteiger partial charge on any atom is 0.228 e. The molecule has 9 nitrogen and oxygen atoms in total. The average molecular weight is 450 g/mol. The summed E-state index contributed by atoms with van der Waals surface area (Å²) >= 11 is 0. The van der Waals surface area contributed by atoms with Crippen LogP contribution in [0.1, 0.15) is 13.3 Å². The molecule has 170 valence electrons. The zero-order chi connectivity index (χ0) is 22.4. The number of allylic oxidation sites excluding steroid dienone is 1. The van der Waals surface area contributed by atoms with Gasteiger partial charge in [-0.25, -0.2) is 13.4 Å². The zero-order valence-corrected chi connectivity index (χ0v) is 18.8. The Kier molecular flexibility index (Phi) is 7.69. The van der Waals surface area contributed by atoms with Crippen molar-refractivity contribution in [3.63, 3.8) is 0 Å². The molecule has 31 heavy (non-hydrogen) atoms. The summed E-state index contributed by atoms with van der Waals surface area (Å²) in [7, 11) is -3.28. The molecule has 2 aliphatic heterocycles. The van der Waals surface area contributed by atoms with Crippen LogP contribution in [0, 0.1) is 11.8 Å². The highest BCUT2D eigenvalue weighted by Crippen LogP contribution is 2.24. The van der Waals surface area contributed by atoms with E-state index >= 15 is 0 Å². The number of nitrogens with two attached hydrogens (primary N) is 1. The number of benzene rings is 1. The van der Waals surface area contributed by atoms with Gasteiger partial charge in [0.1, 0.15) is 17.6 Å². The number of amidine groups is 1. The Balaban J connectivity index is 1.64. The number of carbonyl (C=O) groups excluding carboxylic acids is 1. The highest BCUT2D eigenvalue weighted by molar-refractivity contribution is 7.90. The molecule has 0 radical (unpaired) electrons. The molecule has 1 saturated heterocycles. The van der Waals surface area contributed by atoms with Crippen molar-refractivity contribution < 1.29 is 17.9 Å². The minimum absolute atomic E-state index is 0.130. The fraction of sp³-hybridized carbons (Fsp3) is 0.524. The Bertz CT molecular complexity index is 937. The molecule has 1 fully saturated rings. The number of aliphatic imine (C=N–C) groups is 1. The van der Waals surface area contributed by atoms with E-state index in [1.807, 2.05) is 13.0 Å². The van der Waals surface area contributed by atoms with Gasteiger partial charge in [0.25, 0.3) is 0 Å². The van der Waals surface area contributed by atoms with Gasteiger partial charge in [-0.2, -0.15) is 0 Å². The summed E-state index contributed by atoms with van der Waals surface area (Å²) in [6, 6.07) is 6.33. The lowest BCUT2D eigenvalue weighted by atomic mass is 9.89. The first-order valence-electron chi connectivity index (χ1n) is 10.4. The fourth-order valence-corrected chi connectivity index (χ4v) is 4.34. The van der Waals surface area contributed by atoms with Crippen LogP contribution in [0.4, 0.5) is 5.69 Å². The van der Waals surface area contributed by atoms with E-state index in [0.717, 1.165) is 52.1 Å². The second-order valence-electron chi connectivity index (χ2n) is 7.94. The molecule has 1 aromatic carbocycles. The van der Waals surface area contributed by atoms with Crippen molar-refractivity contribution in [3.8, 4) is 0 Å². The van der Waals surface area contributed by atoms with Crippen LogP contribution < -0.4 is 16.4 Å². The van der Waals surface area contributed by atoms with Gasteiger partial charge in [-0.3, -0.25) is 9.69 Å². The van der Waals surface area contributed by atoms with Crippen LogP contribution in [0.2, 0.25) is 0 Å². The summed E-state index contributed by atoms with van der Waals surface area (Å²) in [6.45, 7) is 7.18. The number of nitrogens with one attached hydrogen (secondary N) is 2. The fourth-order valence-electron chi connectivity index (χ4n) is 3.71. The minimum atomic E-state index is -3.28. The Morgan fingerprint density at radius 1 is 1.26 bits per heavy atom. The largest absolute Gasteiger partial charge is 0.379 e. The number of primary amides is 1. The first kappa shape index (κ1) is 23.2. The number of rotatable bonds is 8. The van der Waals surface area contributed by atoms with Crippen molar-refractivity contribution in [2.75, 3.05) is 51.0 Å². The Morgan fingerprint density at radius 2 is 1.94 bits per heavy atom. The lowest BCUT2D eigenvalue weighted by Gasteiger charge is -2.28. The number of carbonyl (C=O) groups is 1. The summed E-state index contributed by atoms with van der Waals surface area (Å²) in [6.07, 6.45) is 4.05. The third-order valence-corrected chi connectivity index (χ3v) is 6.53. The van der Waals surface area contributed by atoms with E-state index in [1.54, 1.807) is 12.1 Å². The molecule has 0 saturated carbocycles. The molecule has 0 bridgehead atoms. The van der Waals surface area contributed by atoms with Gasteiger partial charge in [-0.1, -0.05) is 6.92 Å². The van der Waals surface area contributed by atoms with E-state index in [2.05, 4.69) is 20.5 Å². The monoisotopic (exact) mass is 449 g/mol. The standard InChI is InChI=1S/C21H31N5O4S/c1-15-14-18(23-8-3-9-26-10-12-30-13-11-26)25-21(19(15)20(22)27)24-16-4-6-17(7-5-16)31(2,28)29/h4-7,14-15,19,23H,3,8-13H2,1-2H3,(H2,22,27)(H,24,25). The Labute approximate surface area is 183 Å². The van der Waals surface area contributed by atoms with Gasteiger partial charge in [-0.05, 0) is 49.2 Å². The molecule has 4 N–H and O–H groups in total. The first-order chi connectivity index (χ1) is 14.7. The van der Waals surface area contributed by atoms with E-state index in [-0.39, 0.29) is 10.8 Å². The number of ether oxygens (including phenoxy) is 1. The molecule has 10 heteroatoms. The third kappa shape index (κ3) is 6.52. The molecule has 2 heterocycles. The molecule has 2 aliphatic rings. The molecular formula is C21H31N5O4S. The van der Waals surface area contributed by atoms with Crippen molar-refractivity contribution >= 4 is 27.3 Å². The van der Waals surface area contributed by atoms with E-state index in [4.69, 9.17) is 10.5 Å². The summed E-state index contributed by atoms with van der Waals surface area (Å²) < 4.78 is 28.7. The molecule has 0 spiro atoms. The zero-order valence-electron chi connectivity index (χ0n) is 18.0. The predicted octanol–water partition coefficient (Wildman–Crippen LogP) is 0.805. The number of hydrogen-bond donors (Lipinski definition) is 3. The highest BCUT2D eigenvalue weighted by Gasteiger charge is 2.31. The van der Waals surface area contributed by atoms with Crippen LogP contribution in [0.25, 0.3) is 0 Å². The van der Waals surface area contributed by atoms with Crippen molar-refractivity contribution in [1.29, 1.82) is 0 Å². The number of sulfone groups is 1. The highest BCUT2D eigenvalue weighted by atomic mass is 32.2. The minimum Gasteiger partial charge on any atom is -0.379 e. The molecule has 2 atom stereocenters. The van der Waals surface area contributed by atoms with Gasteiger partial charge < -0.3 is 21.1 Å². The van der Waals surface area contributed by atoms with Gasteiger partial charge in [0, 0.05) is 31.6 Å². The van der Waals surface area contributed by atoms with Gasteiger partial charge >= 0.3 is 0 Å². The number of amides is 1. The quantitative estimate of drug-likeness (QED) is 0.501. The van der Waals surface area contributed by atoms with Crippen LogP contribution in [0.15, 0.2) is 46.1 Å². The summed E-state index contributed by atoms with van der Waals surface area (Å²) in [4.78, 5) is 19.2. The SMILES string of the molecule is CC1C=C(NCCCN2CCOCC2)N=C(Nc2ccc(S(C)(=O)=O)cc2)C1C(N)=O. The molecule has 0 aromatic heterocycles. The Hall–Kier alpha value is -2.43. The molecule has 1 amide bonds. The van der Waals surface area contributed by atoms with E-state index in [0.29, 0.717) is 17.3 Å². The maximum absolute atomic E-state index is 12.0. The number of hydrogen-bond acceptors (Lipinski definition) is 8. The molecule has 0 aliphatic carbocycles. The normalized spacial score (nSPS) is 22.4. The summed E-state index contributed by atoms with van der Waals surface area (Å²) in [5.41, 5.74) is 6.27. The molecule has 2 unspecified atom stereocenters. The first-order valence-corrected chi connectivity index (χ1v) is 12.3. The average Bonchev–Trinajstić information content (AvgIpc) is 2.71. The van der Waals surface area contributed by atoms with Crippen molar-refractivity contribution in [1.82, 2.24) is 10.2 Å². The van der Waals surface area contributed by atoms with E-state index in [9.17, 15) is 13.2 Å². The van der Waals surface area contributed by atoms with Crippen LogP contribution >= 0.6 is 0 Å². The van der Waals surface area contributed by atoms with Crippen molar-refractivity contribution in [3.05, 3.63) is 36.2 Å². The van der Waals surface area contributed by atoms with Crippen LogP contribution in [-0.2, 0) is 19.4 Å². The second kappa shape index (κ2) is 10.3. The van der Waals surface area contributed by atoms with Crippen LogP contribution in [0.5, 0.6) is 0 Å². The van der Waals surface area contributed by atoms with Gasteiger partial charge in [0.2, 0.25) is 5.91 Å². The molecule has 1 aromatic rings. The summed E-state index contributed by atoms with van der Waals surface area (Å²) in [5, 5.41) is 6.48. The third-order valence-electron chi connectivity index (χ3n) is 5.40. The van der Waals surface area contributed by atoms with Gasteiger partial charge in [0.15, 0.2) is 9.84 Å². The topological polar surface area (TPSA) is 126 Å². The number of anilines is 1. The van der Waals surface area contributed by atoms with Crippen molar-refractivity contribution in [2.45, 2.75) is 18.2 Å². The van der Waals surface area contributed by atoms with Gasteiger partial charge in [-0.15, -0.1) is 0 Å². The lowest BCUT2D eigenvalue weighted by Crippen LogP contribution is -2.41. The molecule has 3 rings (SSSR count). The van der Waals surface area contributed by atoms with Gasteiger partial charge in [0.05, 0.1) is 18.1 Å². The second-order valence-corrected chi connectivity index (χ2v) is 9.96. The maximum atomic E-state index is 12.0. The van der Waals surface area contributed by atoms with E-state index in [1.165, 1.54) is 12.1 Å². The summed E-state index contributed by atoms with van der Waals surface area (Å²) in [5.74, 6) is -0.0373. The number of nitrogens with zero attached hydrogens (tertiary/aromatic N) is 2. The predicted molar refractivity (Wildman–Crippen MR) is 120 cm³/mol.